The van der Waals surface area contributed by atoms with Gasteiger partial charge in [-0.25, -0.2) is 0 Å². The first-order chi connectivity index (χ1) is 19.8. The highest BCUT2D eigenvalue weighted by Gasteiger charge is 2.27. The molecule has 0 saturated heterocycles. The van der Waals surface area contributed by atoms with Gasteiger partial charge in [-0.3, -0.25) is 0 Å². The van der Waals surface area contributed by atoms with E-state index < -0.39 is 0 Å². The SMILES string of the molecule is c1ccc(-c2ccc(-n3c4ccccc4c4ccc5c(c43)Oc3ccc4c([nH]c6ccccc64)c3O5)cc2)cc1. The number of aromatic amines is 1. The van der Waals surface area contributed by atoms with Crippen LogP contribution in [0.25, 0.3) is 60.4 Å². The van der Waals surface area contributed by atoms with E-state index in [1.807, 2.05) is 24.3 Å². The molecule has 4 heteroatoms. The fourth-order valence-corrected chi connectivity index (χ4v) is 6.16. The van der Waals surface area contributed by atoms with Gasteiger partial charge < -0.3 is 19.0 Å². The molecule has 0 spiro atoms. The first-order valence-corrected chi connectivity index (χ1v) is 13.4. The zero-order valence-corrected chi connectivity index (χ0v) is 21.4. The Hall–Kier alpha value is -5.48. The fourth-order valence-electron chi connectivity index (χ4n) is 6.16. The Morgan fingerprint density at radius 3 is 1.98 bits per heavy atom. The second kappa shape index (κ2) is 8.01. The van der Waals surface area contributed by atoms with Crippen molar-refractivity contribution in [2.45, 2.75) is 0 Å². The number of ether oxygens (including phenoxy) is 2. The van der Waals surface area contributed by atoms with Crippen molar-refractivity contribution in [3.8, 4) is 39.8 Å². The van der Waals surface area contributed by atoms with Crippen LogP contribution in [0.1, 0.15) is 0 Å². The van der Waals surface area contributed by atoms with Crippen molar-refractivity contribution in [2.75, 3.05) is 0 Å². The maximum absolute atomic E-state index is 6.71. The molecule has 2 aromatic heterocycles. The van der Waals surface area contributed by atoms with E-state index in [0.717, 1.165) is 50.0 Å². The maximum Gasteiger partial charge on any atom is 0.194 e. The van der Waals surface area contributed by atoms with Gasteiger partial charge in [0, 0.05) is 32.7 Å². The molecule has 4 nitrogen and oxygen atoms in total. The molecule has 1 N–H and O–H groups in total. The number of H-pyrrole nitrogens is 1. The summed E-state index contributed by atoms with van der Waals surface area (Å²) >= 11 is 0. The van der Waals surface area contributed by atoms with Gasteiger partial charge in [0.2, 0.25) is 0 Å². The van der Waals surface area contributed by atoms with Crippen LogP contribution in [0.5, 0.6) is 23.0 Å². The van der Waals surface area contributed by atoms with Crippen molar-refractivity contribution in [2.24, 2.45) is 0 Å². The highest BCUT2D eigenvalue weighted by Crippen LogP contribution is 2.53. The molecule has 40 heavy (non-hydrogen) atoms. The van der Waals surface area contributed by atoms with Crippen LogP contribution in [-0.4, -0.2) is 9.55 Å². The van der Waals surface area contributed by atoms with E-state index in [2.05, 4.69) is 113 Å². The number of fused-ring (bicyclic) bond motifs is 10. The third-order valence-corrected chi connectivity index (χ3v) is 8.01. The Morgan fingerprint density at radius 1 is 0.475 bits per heavy atom. The minimum Gasteiger partial charge on any atom is -0.447 e. The zero-order valence-electron chi connectivity index (χ0n) is 21.4. The molecule has 3 heterocycles. The molecule has 1 aliphatic rings. The number of para-hydroxylation sites is 2. The van der Waals surface area contributed by atoms with Gasteiger partial charge in [0.05, 0.1) is 11.0 Å². The average molecular weight is 515 g/mol. The van der Waals surface area contributed by atoms with E-state index >= 15 is 0 Å². The van der Waals surface area contributed by atoms with Crippen molar-refractivity contribution in [3.05, 3.63) is 127 Å². The predicted octanol–water partition coefficient (Wildman–Crippen LogP) is 9.98. The lowest BCUT2D eigenvalue weighted by Crippen LogP contribution is -2.02. The van der Waals surface area contributed by atoms with Gasteiger partial charge in [0.1, 0.15) is 5.52 Å². The smallest absolute Gasteiger partial charge is 0.194 e. The summed E-state index contributed by atoms with van der Waals surface area (Å²) < 4.78 is 15.6. The third-order valence-electron chi connectivity index (χ3n) is 8.01. The molecule has 0 amide bonds. The lowest BCUT2D eigenvalue weighted by Gasteiger charge is -2.22. The van der Waals surface area contributed by atoms with Gasteiger partial charge in [-0.05, 0) is 59.7 Å². The first kappa shape index (κ1) is 21.5. The van der Waals surface area contributed by atoms with Crippen LogP contribution in [0.15, 0.2) is 127 Å². The van der Waals surface area contributed by atoms with Crippen LogP contribution in [0.3, 0.4) is 0 Å². The van der Waals surface area contributed by atoms with Crippen LogP contribution in [0.2, 0.25) is 0 Å². The summed E-state index contributed by atoms with van der Waals surface area (Å²) in [6.07, 6.45) is 0. The number of hydrogen-bond donors (Lipinski definition) is 1. The molecular formula is C36H22N2O2. The Morgan fingerprint density at radius 2 is 1.12 bits per heavy atom. The minimum absolute atomic E-state index is 0.704. The first-order valence-electron chi connectivity index (χ1n) is 13.4. The van der Waals surface area contributed by atoms with E-state index in [-0.39, 0.29) is 0 Å². The van der Waals surface area contributed by atoms with Crippen LogP contribution < -0.4 is 9.47 Å². The van der Waals surface area contributed by atoms with Crippen molar-refractivity contribution >= 4 is 43.6 Å². The normalized spacial score (nSPS) is 12.4. The highest BCUT2D eigenvalue weighted by molar-refractivity contribution is 6.13. The van der Waals surface area contributed by atoms with Crippen LogP contribution in [0, 0.1) is 0 Å². The molecule has 0 radical (unpaired) electrons. The second-order valence-corrected chi connectivity index (χ2v) is 10.2. The van der Waals surface area contributed by atoms with E-state index in [4.69, 9.17) is 9.47 Å². The third kappa shape index (κ3) is 2.96. The van der Waals surface area contributed by atoms with Crippen LogP contribution in [-0.2, 0) is 0 Å². The maximum atomic E-state index is 6.71. The molecule has 0 bridgehead atoms. The van der Waals surface area contributed by atoms with Gasteiger partial charge in [0.15, 0.2) is 23.0 Å². The summed E-state index contributed by atoms with van der Waals surface area (Å²) in [6, 6.07) is 44.3. The van der Waals surface area contributed by atoms with Gasteiger partial charge >= 0.3 is 0 Å². The zero-order chi connectivity index (χ0) is 26.2. The molecule has 0 unspecified atom stereocenters. The molecule has 6 aromatic carbocycles. The number of rotatable bonds is 2. The van der Waals surface area contributed by atoms with E-state index in [1.54, 1.807) is 0 Å². The number of aromatic nitrogens is 2. The molecule has 0 saturated carbocycles. The lowest BCUT2D eigenvalue weighted by atomic mass is 10.1. The predicted molar refractivity (Wildman–Crippen MR) is 162 cm³/mol. The fraction of sp³-hybridized carbons (Fsp3) is 0. The Bertz CT molecular complexity index is 2260. The van der Waals surface area contributed by atoms with Crippen molar-refractivity contribution in [1.29, 1.82) is 0 Å². The van der Waals surface area contributed by atoms with E-state index in [9.17, 15) is 0 Å². The summed E-state index contributed by atoms with van der Waals surface area (Å²) in [5.74, 6) is 2.85. The number of hydrogen-bond acceptors (Lipinski definition) is 2. The topological polar surface area (TPSA) is 39.2 Å². The standard InChI is InChI=1S/C36H22N2O2/c1-2-8-22(9-3-1)23-14-16-24(17-15-23)38-30-13-7-5-11-26(30)28-19-21-32-36(34(28)38)40-31-20-18-27-25-10-4-6-12-29(25)37-33(27)35(31)39-32/h1-21,37H. The number of benzene rings is 6. The summed E-state index contributed by atoms with van der Waals surface area (Å²) in [4.78, 5) is 3.54. The monoisotopic (exact) mass is 514 g/mol. The second-order valence-electron chi connectivity index (χ2n) is 10.2. The molecule has 0 aliphatic carbocycles. The molecule has 0 atom stereocenters. The Labute approximate surface area is 229 Å². The summed E-state index contributed by atoms with van der Waals surface area (Å²) in [7, 11) is 0. The molecule has 1 aliphatic heterocycles. The summed E-state index contributed by atoms with van der Waals surface area (Å²) in [6.45, 7) is 0. The van der Waals surface area contributed by atoms with Gasteiger partial charge in [-0.1, -0.05) is 78.9 Å². The summed E-state index contributed by atoms with van der Waals surface area (Å²) in [5.41, 5.74) is 7.59. The summed E-state index contributed by atoms with van der Waals surface area (Å²) in [5, 5.41) is 4.59. The Balaban J connectivity index is 1.26. The van der Waals surface area contributed by atoms with Crippen molar-refractivity contribution in [1.82, 2.24) is 9.55 Å². The lowest BCUT2D eigenvalue weighted by molar-refractivity contribution is 0.365. The minimum atomic E-state index is 0.704. The highest BCUT2D eigenvalue weighted by atomic mass is 16.6. The Kier molecular flexibility index (Phi) is 4.30. The molecule has 188 valence electrons. The van der Waals surface area contributed by atoms with E-state index in [0.29, 0.717) is 11.5 Å². The quantitative estimate of drug-likeness (QED) is 0.249. The molecule has 0 fully saturated rings. The molecular weight excluding hydrogens is 492 g/mol. The molecule has 9 rings (SSSR count). The molecule has 8 aromatic rings. The largest absolute Gasteiger partial charge is 0.447 e. The van der Waals surface area contributed by atoms with Crippen molar-refractivity contribution in [3.63, 3.8) is 0 Å². The van der Waals surface area contributed by atoms with Crippen molar-refractivity contribution < 1.29 is 9.47 Å². The van der Waals surface area contributed by atoms with Gasteiger partial charge in [0.25, 0.3) is 0 Å². The van der Waals surface area contributed by atoms with Crippen LogP contribution in [0.4, 0.5) is 0 Å². The van der Waals surface area contributed by atoms with Gasteiger partial charge in [-0.15, -0.1) is 0 Å². The number of nitrogens with one attached hydrogen (secondary N) is 1. The average Bonchev–Trinajstić information content (AvgIpc) is 3.57. The number of nitrogens with zero attached hydrogens (tertiary/aromatic N) is 1. The van der Waals surface area contributed by atoms with Crippen LogP contribution >= 0.6 is 0 Å². The van der Waals surface area contributed by atoms with E-state index in [1.165, 1.54) is 21.9 Å². The van der Waals surface area contributed by atoms with Gasteiger partial charge in [-0.2, -0.15) is 0 Å².